The van der Waals surface area contributed by atoms with Gasteiger partial charge in [-0.1, -0.05) is 31.2 Å². The highest BCUT2D eigenvalue weighted by atomic mass is 19.1. The smallest absolute Gasteiger partial charge is 0.261 e. The molecule has 122 valence electrons. The number of hydrogen-bond acceptors (Lipinski definition) is 3. The van der Waals surface area contributed by atoms with E-state index in [2.05, 4.69) is 5.32 Å². The Hall–Kier alpha value is -2.56. The van der Waals surface area contributed by atoms with Gasteiger partial charge in [0.1, 0.15) is 5.75 Å². The Morgan fingerprint density at radius 1 is 1.17 bits per heavy atom. The second kappa shape index (κ2) is 8.17. The molecule has 0 spiro atoms. The van der Waals surface area contributed by atoms with Crippen LogP contribution in [0.1, 0.15) is 18.9 Å². The van der Waals surface area contributed by atoms with Crippen LogP contribution in [0.2, 0.25) is 0 Å². The Labute approximate surface area is 135 Å². The van der Waals surface area contributed by atoms with Crippen LogP contribution in [0.5, 0.6) is 11.5 Å². The van der Waals surface area contributed by atoms with E-state index in [0.29, 0.717) is 13.0 Å². The zero-order chi connectivity index (χ0) is 16.7. The Bertz CT molecular complexity index is 643. The van der Waals surface area contributed by atoms with Crippen LogP contribution >= 0.6 is 0 Å². The molecule has 0 saturated heterocycles. The third-order valence-electron chi connectivity index (χ3n) is 3.39. The third kappa shape index (κ3) is 4.71. The second-order valence-corrected chi connectivity index (χ2v) is 5.01. The summed E-state index contributed by atoms with van der Waals surface area (Å²) in [5, 5.41) is 2.80. The molecule has 0 aromatic heterocycles. The van der Waals surface area contributed by atoms with E-state index in [1.54, 1.807) is 19.2 Å². The SMILES string of the molecule is CCC(Oc1ccccc1F)C(=O)NCc1ccc(OC)cc1. The average molecular weight is 317 g/mol. The first-order valence-electron chi connectivity index (χ1n) is 7.46. The Kier molecular flexibility index (Phi) is 5.97. The number of amides is 1. The topological polar surface area (TPSA) is 47.6 Å². The van der Waals surface area contributed by atoms with Crippen molar-refractivity contribution in [2.45, 2.75) is 26.0 Å². The minimum atomic E-state index is -0.731. The van der Waals surface area contributed by atoms with Crippen LogP contribution in [-0.2, 0) is 11.3 Å². The molecular formula is C18H20FNO3. The first-order valence-corrected chi connectivity index (χ1v) is 7.46. The summed E-state index contributed by atoms with van der Waals surface area (Å²) in [7, 11) is 1.60. The fourth-order valence-corrected chi connectivity index (χ4v) is 2.06. The van der Waals surface area contributed by atoms with E-state index in [4.69, 9.17) is 9.47 Å². The maximum absolute atomic E-state index is 13.6. The van der Waals surface area contributed by atoms with Gasteiger partial charge < -0.3 is 14.8 Å². The van der Waals surface area contributed by atoms with Crippen molar-refractivity contribution in [3.8, 4) is 11.5 Å². The number of ether oxygens (including phenoxy) is 2. The summed E-state index contributed by atoms with van der Waals surface area (Å²) in [6, 6.07) is 13.5. The quantitative estimate of drug-likeness (QED) is 0.852. The van der Waals surface area contributed by atoms with E-state index in [1.165, 1.54) is 12.1 Å². The van der Waals surface area contributed by atoms with Crippen LogP contribution in [0.25, 0.3) is 0 Å². The van der Waals surface area contributed by atoms with Crippen LogP contribution in [0, 0.1) is 5.82 Å². The molecule has 0 saturated carbocycles. The van der Waals surface area contributed by atoms with Crippen molar-refractivity contribution in [3.63, 3.8) is 0 Å². The van der Waals surface area contributed by atoms with E-state index in [1.807, 2.05) is 31.2 Å². The maximum atomic E-state index is 13.6. The number of rotatable bonds is 7. The van der Waals surface area contributed by atoms with E-state index in [9.17, 15) is 9.18 Å². The molecule has 0 bridgehead atoms. The fraction of sp³-hybridized carbons (Fsp3) is 0.278. The van der Waals surface area contributed by atoms with Gasteiger partial charge in [0.2, 0.25) is 0 Å². The standard InChI is InChI=1S/C18H20FNO3/c1-3-16(23-17-7-5-4-6-15(17)19)18(21)20-12-13-8-10-14(22-2)11-9-13/h4-11,16H,3,12H2,1-2H3,(H,20,21). The summed E-state index contributed by atoms with van der Waals surface area (Å²) < 4.78 is 24.2. The molecule has 2 aromatic rings. The molecule has 0 aliphatic heterocycles. The number of carbonyl (C=O) groups excluding carboxylic acids is 1. The molecule has 5 heteroatoms. The lowest BCUT2D eigenvalue weighted by atomic mass is 10.2. The Morgan fingerprint density at radius 2 is 1.87 bits per heavy atom. The summed E-state index contributed by atoms with van der Waals surface area (Å²) in [5.41, 5.74) is 0.944. The van der Waals surface area contributed by atoms with Gasteiger partial charge in [0, 0.05) is 6.54 Å². The molecule has 1 atom stereocenters. The predicted molar refractivity (Wildman–Crippen MR) is 85.9 cm³/mol. The van der Waals surface area contributed by atoms with Gasteiger partial charge in [-0.15, -0.1) is 0 Å². The summed E-state index contributed by atoms with van der Waals surface area (Å²) >= 11 is 0. The monoisotopic (exact) mass is 317 g/mol. The van der Waals surface area contributed by atoms with Crippen molar-refractivity contribution in [1.29, 1.82) is 0 Å². The Morgan fingerprint density at radius 3 is 2.48 bits per heavy atom. The van der Waals surface area contributed by atoms with Gasteiger partial charge >= 0.3 is 0 Å². The molecule has 1 N–H and O–H groups in total. The number of para-hydroxylation sites is 1. The Balaban J connectivity index is 1.93. The highest BCUT2D eigenvalue weighted by Gasteiger charge is 2.19. The van der Waals surface area contributed by atoms with Crippen LogP contribution in [-0.4, -0.2) is 19.1 Å². The van der Waals surface area contributed by atoms with Crippen molar-refractivity contribution in [2.75, 3.05) is 7.11 Å². The van der Waals surface area contributed by atoms with Gasteiger partial charge in [0.25, 0.3) is 5.91 Å². The molecule has 0 fully saturated rings. The number of hydrogen-bond donors (Lipinski definition) is 1. The predicted octanol–water partition coefficient (Wildman–Crippen LogP) is 3.31. The van der Waals surface area contributed by atoms with Crippen LogP contribution < -0.4 is 14.8 Å². The number of nitrogens with one attached hydrogen (secondary N) is 1. The first-order chi connectivity index (χ1) is 11.1. The largest absolute Gasteiger partial charge is 0.497 e. The molecule has 2 aromatic carbocycles. The van der Waals surface area contributed by atoms with Crippen molar-refractivity contribution >= 4 is 5.91 Å². The molecule has 0 heterocycles. The summed E-state index contributed by atoms with van der Waals surface area (Å²) in [4.78, 5) is 12.2. The molecule has 1 amide bonds. The van der Waals surface area contributed by atoms with Crippen molar-refractivity contribution < 1.29 is 18.7 Å². The van der Waals surface area contributed by atoms with E-state index >= 15 is 0 Å². The number of carbonyl (C=O) groups is 1. The average Bonchev–Trinajstić information content (AvgIpc) is 2.59. The van der Waals surface area contributed by atoms with Crippen LogP contribution in [0.3, 0.4) is 0 Å². The molecule has 23 heavy (non-hydrogen) atoms. The van der Waals surface area contributed by atoms with E-state index in [0.717, 1.165) is 11.3 Å². The summed E-state index contributed by atoms with van der Waals surface area (Å²) in [5.74, 6) is 0.0915. The van der Waals surface area contributed by atoms with E-state index < -0.39 is 11.9 Å². The molecular weight excluding hydrogens is 297 g/mol. The summed E-state index contributed by atoms with van der Waals surface area (Å²) in [6.07, 6.45) is -0.284. The van der Waals surface area contributed by atoms with Crippen LogP contribution in [0.4, 0.5) is 4.39 Å². The first kappa shape index (κ1) is 16.8. The minimum Gasteiger partial charge on any atom is -0.497 e. The third-order valence-corrected chi connectivity index (χ3v) is 3.39. The number of benzene rings is 2. The molecule has 4 nitrogen and oxygen atoms in total. The summed E-state index contributed by atoms with van der Waals surface area (Å²) in [6.45, 7) is 2.19. The van der Waals surface area contributed by atoms with Gasteiger partial charge in [-0.05, 0) is 36.2 Å². The van der Waals surface area contributed by atoms with Gasteiger partial charge in [-0.3, -0.25) is 4.79 Å². The minimum absolute atomic E-state index is 0.0824. The zero-order valence-electron chi connectivity index (χ0n) is 13.2. The van der Waals surface area contributed by atoms with Gasteiger partial charge in [0.05, 0.1) is 7.11 Å². The maximum Gasteiger partial charge on any atom is 0.261 e. The second-order valence-electron chi connectivity index (χ2n) is 5.01. The lowest BCUT2D eigenvalue weighted by Gasteiger charge is -2.17. The highest BCUT2D eigenvalue weighted by Crippen LogP contribution is 2.18. The lowest BCUT2D eigenvalue weighted by molar-refractivity contribution is -0.128. The van der Waals surface area contributed by atoms with Crippen LogP contribution in [0.15, 0.2) is 48.5 Å². The molecule has 0 radical (unpaired) electrons. The zero-order valence-corrected chi connectivity index (χ0v) is 13.2. The van der Waals surface area contributed by atoms with E-state index in [-0.39, 0.29) is 11.7 Å². The number of methoxy groups -OCH3 is 1. The normalized spacial score (nSPS) is 11.6. The number of halogens is 1. The van der Waals surface area contributed by atoms with Gasteiger partial charge in [-0.25, -0.2) is 4.39 Å². The molecule has 1 unspecified atom stereocenters. The highest BCUT2D eigenvalue weighted by molar-refractivity contribution is 5.81. The van der Waals surface area contributed by atoms with Gasteiger partial charge in [-0.2, -0.15) is 0 Å². The fourth-order valence-electron chi connectivity index (χ4n) is 2.06. The molecule has 0 aliphatic carbocycles. The van der Waals surface area contributed by atoms with Crippen molar-refractivity contribution in [1.82, 2.24) is 5.32 Å². The molecule has 2 rings (SSSR count). The molecule has 0 aliphatic rings. The van der Waals surface area contributed by atoms with Gasteiger partial charge in [0.15, 0.2) is 17.7 Å². The lowest BCUT2D eigenvalue weighted by Crippen LogP contribution is -2.37. The van der Waals surface area contributed by atoms with Crippen molar-refractivity contribution in [2.24, 2.45) is 0 Å². The van der Waals surface area contributed by atoms with Crippen molar-refractivity contribution in [3.05, 3.63) is 59.9 Å².